The number of carbonyl (C=O) groups is 1. The van der Waals surface area contributed by atoms with Crippen molar-refractivity contribution in [2.24, 2.45) is 5.73 Å². The summed E-state index contributed by atoms with van der Waals surface area (Å²) in [6.45, 7) is 13.6. The van der Waals surface area contributed by atoms with Crippen LogP contribution in [0.5, 0.6) is 5.75 Å². The Morgan fingerprint density at radius 1 is 0.967 bits per heavy atom. The standard InChI is InChI=1S/C23H32N2O3.C2H6/c1-15(2)25(16(3)4)13-12-19(17-8-6-5-7-9-17)20-14-18(10-11-21(20)26)22(24)23(27)28;1-2/h5-11,14-16,19,22,26H,12-13,24H2,1-4H3,(H,27,28);1-2H3. The molecule has 0 aliphatic heterocycles. The average molecular weight is 415 g/mol. The SMILES string of the molecule is CC.CC(C)N(CCC(c1ccccc1)c1cc(C(N)C(=O)O)ccc1O)C(C)C. The summed E-state index contributed by atoms with van der Waals surface area (Å²) in [5, 5.41) is 19.8. The van der Waals surface area contributed by atoms with Gasteiger partial charge in [-0.1, -0.05) is 50.2 Å². The Morgan fingerprint density at radius 3 is 2.03 bits per heavy atom. The lowest BCUT2D eigenvalue weighted by Crippen LogP contribution is -2.38. The fourth-order valence-corrected chi connectivity index (χ4v) is 3.77. The molecule has 0 spiro atoms. The largest absolute Gasteiger partial charge is 0.508 e. The zero-order chi connectivity index (χ0) is 22.8. The van der Waals surface area contributed by atoms with E-state index in [1.165, 1.54) is 0 Å². The maximum atomic E-state index is 11.3. The van der Waals surface area contributed by atoms with Crippen LogP contribution in [0, 0.1) is 0 Å². The highest BCUT2D eigenvalue weighted by Gasteiger charge is 2.23. The van der Waals surface area contributed by atoms with Crippen molar-refractivity contribution in [2.75, 3.05) is 6.54 Å². The van der Waals surface area contributed by atoms with Crippen molar-refractivity contribution in [3.05, 3.63) is 65.2 Å². The van der Waals surface area contributed by atoms with Crippen molar-refractivity contribution < 1.29 is 15.0 Å². The molecule has 5 heteroatoms. The summed E-state index contributed by atoms with van der Waals surface area (Å²) >= 11 is 0. The topological polar surface area (TPSA) is 86.8 Å². The van der Waals surface area contributed by atoms with E-state index in [0.717, 1.165) is 18.5 Å². The van der Waals surface area contributed by atoms with E-state index in [9.17, 15) is 15.0 Å². The molecule has 0 aromatic heterocycles. The molecule has 0 bridgehead atoms. The molecule has 166 valence electrons. The maximum absolute atomic E-state index is 11.3. The summed E-state index contributed by atoms with van der Waals surface area (Å²) in [5.41, 5.74) is 8.10. The van der Waals surface area contributed by atoms with Gasteiger partial charge >= 0.3 is 5.97 Å². The fourth-order valence-electron chi connectivity index (χ4n) is 3.77. The molecule has 0 saturated heterocycles. The Morgan fingerprint density at radius 2 is 1.53 bits per heavy atom. The fraction of sp³-hybridized carbons (Fsp3) is 0.480. The first-order chi connectivity index (χ1) is 14.2. The lowest BCUT2D eigenvalue weighted by Gasteiger charge is -2.32. The summed E-state index contributed by atoms with van der Waals surface area (Å²) in [4.78, 5) is 13.7. The molecule has 4 N–H and O–H groups in total. The van der Waals surface area contributed by atoms with Gasteiger partial charge in [-0.25, -0.2) is 0 Å². The molecular weight excluding hydrogens is 376 g/mol. The van der Waals surface area contributed by atoms with Crippen LogP contribution < -0.4 is 5.73 Å². The van der Waals surface area contributed by atoms with Crippen LogP contribution in [0.3, 0.4) is 0 Å². The molecule has 2 atom stereocenters. The molecule has 0 heterocycles. The molecule has 5 nitrogen and oxygen atoms in total. The molecule has 0 radical (unpaired) electrons. The van der Waals surface area contributed by atoms with Crippen LogP contribution in [0.15, 0.2) is 48.5 Å². The second-order valence-corrected chi connectivity index (χ2v) is 7.81. The zero-order valence-electron chi connectivity index (χ0n) is 19.2. The van der Waals surface area contributed by atoms with E-state index in [-0.39, 0.29) is 11.7 Å². The number of nitrogens with zero attached hydrogens (tertiary/aromatic N) is 1. The van der Waals surface area contributed by atoms with Gasteiger partial charge in [0, 0.05) is 23.6 Å². The van der Waals surface area contributed by atoms with E-state index >= 15 is 0 Å². The molecule has 0 fully saturated rings. The third-order valence-corrected chi connectivity index (χ3v) is 5.26. The van der Waals surface area contributed by atoms with Gasteiger partial charge in [0.25, 0.3) is 0 Å². The number of aromatic hydroxyl groups is 1. The number of aliphatic carboxylic acids is 1. The number of rotatable bonds is 9. The van der Waals surface area contributed by atoms with Crippen molar-refractivity contribution in [2.45, 2.75) is 72.0 Å². The zero-order valence-corrected chi connectivity index (χ0v) is 19.2. The van der Waals surface area contributed by atoms with Crippen LogP contribution >= 0.6 is 0 Å². The third kappa shape index (κ3) is 6.85. The van der Waals surface area contributed by atoms with Crippen LogP contribution in [0.2, 0.25) is 0 Å². The summed E-state index contributed by atoms with van der Waals surface area (Å²) < 4.78 is 0. The van der Waals surface area contributed by atoms with Gasteiger partial charge in [-0.3, -0.25) is 9.69 Å². The number of nitrogens with two attached hydrogens (primary N) is 1. The molecule has 2 aromatic rings. The average Bonchev–Trinajstić information content (AvgIpc) is 2.73. The minimum Gasteiger partial charge on any atom is -0.508 e. The number of phenolic OH excluding ortho intramolecular Hbond substituents is 1. The molecule has 2 unspecified atom stereocenters. The Labute approximate surface area is 181 Å². The quantitative estimate of drug-likeness (QED) is 0.529. The van der Waals surface area contributed by atoms with Gasteiger partial charge in [-0.2, -0.15) is 0 Å². The Bertz CT molecular complexity index is 767. The molecule has 0 saturated carbocycles. The number of carboxylic acids is 1. The predicted octanol–water partition coefficient (Wildman–Crippen LogP) is 5.14. The van der Waals surface area contributed by atoms with Gasteiger partial charge in [0.15, 0.2) is 0 Å². The Hall–Kier alpha value is -2.37. The van der Waals surface area contributed by atoms with Gasteiger partial charge in [0.05, 0.1) is 0 Å². The Balaban J connectivity index is 0.00000218. The molecule has 2 rings (SSSR count). The summed E-state index contributed by atoms with van der Waals surface area (Å²) in [5.74, 6) is -0.975. The van der Waals surface area contributed by atoms with Crippen molar-refractivity contribution >= 4 is 5.97 Å². The molecule has 30 heavy (non-hydrogen) atoms. The minimum atomic E-state index is -1.11. The third-order valence-electron chi connectivity index (χ3n) is 5.26. The molecule has 2 aromatic carbocycles. The molecular formula is C25H38N2O3. The number of benzene rings is 2. The summed E-state index contributed by atoms with van der Waals surface area (Å²) in [6.07, 6.45) is 0.805. The number of carboxylic acid groups (broad SMARTS) is 1. The number of hydrogen-bond acceptors (Lipinski definition) is 4. The van der Waals surface area contributed by atoms with Crippen LogP contribution in [0.25, 0.3) is 0 Å². The molecule has 0 aliphatic carbocycles. The maximum Gasteiger partial charge on any atom is 0.325 e. The van der Waals surface area contributed by atoms with Crippen LogP contribution in [0.1, 0.15) is 76.6 Å². The number of phenols is 1. The van der Waals surface area contributed by atoms with Crippen LogP contribution in [-0.2, 0) is 4.79 Å². The van der Waals surface area contributed by atoms with Crippen molar-refractivity contribution in [1.82, 2.24) is 4.90 Å². The number of hydrogen-bond donors (Lipinski definition) is 3. The van der Waals surface area contributed by atoms with Gasteiger partial charge in [0.1, 0.15) is 11.8 Å². The second kappa shape index (κ2) is 12.4. The van der Waals surface area contributed by atoms with Crippen molar-refractivity contribution in [3.8, 4) is 5.75 Å². The first kappa shape index (κ1) is 25.7. The monoisotopic (exact) mass is 414 g/mol. The van der Waals surface area contributed by atoms with Crippen molar-refractivity contribution in [3.63, 3.8) is 0 Å². The second-order valence-electron chi connectivity index (χ2n) is 7.81. The minimum absolute atomic E-state index is 0.0536. The lowest BCUT2D eigenvalue weighted by atomic mass is 9.86. The van der Waals surface area contributed by atoms with E-state index in [0.29, 0.717) is 23.2 Å². The first-order valence-corrected chi connectivity index (χ1v) is 10.8. The highest BCUT2D eigenvalue weighted by Crippen LogP contribution is 2.36. The van der Waals surface area contributed by atoms with Crippen molar-refractivity contribution in [1.29, 1.82) is 0 Å². The highest BCUT2D eigenvalue weighted by molar-refractivity contribution is 5.75. The molecule has 0 aliphatic rings. The predicted molar refractivity (Wildman–Crippen MR) is 124 cm³/mol. The van der Waals surface area contributed by atoms with E-state index in [4.69, 9.17) is 5.73 Å². The van der Waals surface area contributed by atoms with Gasteiger partial charge in [-0.05, 0) is 63.9 Å². The lowest BCUT2D eigenvalue weighted by molar-refractivity contribution is -0.138. The summed E-state index contributed by atoms with van der Waals surface area (Å²) in [7, 11) is 0. The van der Waals surface area contributed by atoms with Crippen LogP contribution in [0.4, 0.5) is 0 Å². The van der Waals surface area contributed by atoms with E-state index < -0.39 is 12.0 Å². The smallest absolute Gasteiger partial charge is 0.325 e. The van der Waals surface area contributed by atoms with Gasteiger partial charge in [0.2, 0.25) is 0 Å². The van der Waals surface area contributed by atoms with E-state index in [1.807, 2.05) is 44.2 Å². The van der Waals surface area contributed by atoms with Crippen LogP contribution in [-0.4, -0.2) is 39.7 Å². The highest BCUT2D eigenvalue weighted by atomic mass is 16.4. The normalized spacial score (nSPS) is 13.1. The van der Waals surface area contributed by atoms with Gasteiger partial charge in [-0.15, -0.1) is 0 Å². The Kier molecular flexibility index (Phi) is 10.6. The van der Waals surface area contributed by atoms with Gasteiger partial charge < -0.3 is 15.9 Å². The first-order valence-electron chi connectivity index (χ1n) is 10.8. The molecule has 0 amide bonds. The van der Waals surface area contributed by atoms with E-state index in [2.05, 4.69) is 32.6 Å². The summed E-state index contributed by atoms with van der Waals surface area (Å²) in [6, 6.07) is 14.6. The van der Waals surface area contributed by atoms with E-state index in [1.54, 1.807) is 18.2 Å².